The summed E-state index contributed by atoms with van der Waals surface area (Å²) in [7, 11) is 2.77. The summed E-state index contributed by atoms with van der Waals surface area (Å²) < 4.78 is 23.3. The molecule has 0 amide bonds. The number of nitrogens with zero attached hydrogens (tertiary/aromatic N) is 2. The summed E-state index contributed by atoms with van der Waals surface area (Å²) in [4.78, 5) is 20.5. The van der Waals surface area contributed by atoms with Crippen molar-refractivity contribution >= 4 is 29.3 Å². The molecule has 5 nitrogen and oxygen atoms in total. The summed E-state index contributed by atoms with van der Waals surface area (Å²) in [5.74, 6) is -0.484. The number of halogens is 1. The fraction of sp³-hybridized carbons (Fsp3) is 0.150. The predicted octanol–water partition coefficient (Wildman–Crippen LogP) is 4.09. The van der Waals surface area contributed by atoms with Gasteiger partial charge in [-0.3, -0.25) is 9.98 Å². The highest BCUT2D eigenvalue weighted by Crippen LogP contribution is 2.36. The predicted molar refractivity (Wildman–Crippen MR) is 98.0 cm³/mol. The molecule has 2 aromatic carbocycles. The SMILES string of the molecule is C=Nc1cc(C(=O)OC)c(OC)c2ncc(Cc3ccc(F)cc3)cc12. The first-order chi connectivity index (χ1) is 12.6. The van der Waals surface area contributed by atoms with E-state index in [1.165, 1.54) is 26.4 Å². The molecule has 3 rings (SSSR count). The van der Waals surface area contributed by atoms with Gasteiger partial charge in [0.25, 0.3) is 0 Å². The molecule has 1 heterocycles. The molecular weight excluding hydrogens is 335 g/mol. The second-order valence-electron chi connectivity index (χ2n) is 5.67. The Morgan fingerprint density at radius 1 is 1.19 bits per heavy atom. The van der Waals surface area contributed by atoms with E-state index in [0.717, 1.165) is 11.1 Å². The zero-order valence-corrected chi connectivity index (χ0v) is 14.5. The van der Waals surface area contributed by atoms with Crippen LogP contribution < -0.4 is 4.74 Å². The molecule has 26 heavy (non-hydrogen) atoms. The number of hydrogen-bond acceptors (Lipinski definition) is 5. The lowest BCUT2D eigenvalue weighted by Crippen LogP contribution is -2.05. The van der Waals surface area contributed by atoms with E-state index in [0.29, 0.717) is 28.8 Å². The van der Waals surface area contributed by atoms with Gasteiger partial charge < -0.3 is 9.47 Å². The Morgan fingerprint density at radius 2 is 1.92 bits per heavy atom. The molecule has 0 fully saturated rings. The van der Waals surface area contributed by atoms with Crippen LogP contribution in [0, 0.1) is 5.82 Å². The van der Waals surface area contributed by atoms with Gasteiger partial charge in [0.05, 0.1) is 19.9 Å². The Labute approximate surface area is 150 Å². The molecule has 0 aliphatic rings. The van der Waals surface area contributed by atoms with Crippen molar-refractivity contribution in [2.24, 2.45) is 4.99 Å². The Morgan fingerprint density at radius 3 is 2.54 bits per heavy atom. The summed E-state index contributed by atoms with van der Waals surface area (Å²) in [6, 6.07) is 9.79. The van der Waals surface area contributed by atoms with Crippen LogP contribution in [-0.2, 0) is 11.2 Å². The lowest BCUT2D eigenvalue weighted by molar-refractivity contribution is 0.0597. The van der Waals surface area contributed by atoms with Gasteiger partial charge >= 0.3 is 5.97 Å². The maximum Gasteiger partial charge on any atom is 0.341 e. The van der Waals surface area contributed by atoms with Gasteiger partial charge in [0.15, 0.2) is 5.75 Å². The molecule has 0 spiro atoms. The van der Waals surface area contributed by atoms with Gasteiger partial charge in [-0.25, -0.2) is 9.18 Å². The van der Waals surface area contributed by atoms with E-state index < -0.39 is 5.97 Å². The number of fused-ring (bicyclic) bond motifs is 1. The third-order valence-electron chi connectivity index (χ3n) is 4.06. The van der Waals surface area contributed by atoms with E-state index in [2.05, 4.69) is 16.7 Å². The third kappa shape index (κ3) is 3.26. The van der Waals surface area contributed by atoms with Crippen molar-refractivity contribution < 1.29 is 18.7 Å². The van der Waals surface area contributed by atoms with Gasteiger partial charge in [-0.2, -0.15) is 0 Å². The van der Waals surface area contributed by atoms with E-state index in [1.807, 2.05) is 6.07 Å². The molecule has 132 valence electrons. The van der Waals surface area contributed by atoms with Gasteiger partial charge in [0.1, 0.15) is 16.9 Å². The molecule has 0 saturated heterocycles. The molecule has 3 aromatic rings. The van der Waals surface area contributed by atoms with Crippen molar-refractivity contribution in [1.29, 1.82) is 0 Å². The van der Waals surface area contributed by atoms with Gasteiger partial charge in [-0.05, 0) is 48.5 Å². The fourth-order valence-corrected chi connectivity index (χ4v) is 2.83. The number of benzene rings is 2. The van der Waals surface area contributed by atoms with Crippen LogP contribution in [-0.4, -0.2) is 31.9 Å². The standard InChI is InChI=1S/C20H17FN2O3/c1-22-17-10-16(20(24)26-3)19(25-2)18-15(17)9-13(11-23-18)8-12-4-6-14(21)7-5-12/h4-7,9-11H,1,8H2,2-3H3. The number of carbonyl (C=O) groups is 1. The lowest BCUT2D eigenvalue weighted by Gasteiger charge is -2.13. The van der Waals surface area contributed by atoms with Gasteiger partial charge in [0, 0.05) is 11.6 Å². The Balaban J connectivity index is 2.12. The van der Waals surface area contributed by atoms with E-state index in [-0.39, 0.29) is 11.4 Å². The summed E-state index contributed by atoms with van der Waals surface area (Å²) in [5, 5.41) is 0.712. The minimum absolute atomic E-state index is 0.240. The van der Waals surface area contributed by atoms with Crippen molar-refractivity contribution in [2.75, 3.05) is 14.2 Å². The monoisotopic (exact) mass is 352 g/mol. The molecule has 6 heteroatoms. The van der Waals surface area contributed by atoms with Crippen LogP contribution in [0.5, 0.6) is 5.75 Å². The van der Waals surface area contributed by atoms with E-state index >= 15 is 0 Å². The molecule has 0 N–H and O–H groups in total. The third-order valence-corrected chi connectivity index (χ3v) is 4.06. The van der Waals surface area contributed by atoms with Crippen LogP contribution in [0.1, 0.15) is 21.5 Å². The highest BCUT2D eigenvalue weighted by Gasteiger charge is 2.20. The molecule has 0 aliphatic heterocycles. The maximum atomic E-state index is 13.1. The van der Waals surface area contributed by atoms with Crippen LogP contribution >= 0.6 is 0 Å². The van der Waals surface area contributed by atoms with Crippen molar-refractivity contribution in [3.63, 3.8) is 0 Å². The molecule has 1 aromatic heterocycles. The average Bonchev–Trinajstić information content (AvgIpc) is 2.67. The number of methoxy groups -OCH3 is 2. The number of carbonyl (C=O) groups excluding carboxylic acids is 1. The summed E-state index contributed by atoms with van der Waals surface area (Å²) in [5.41, 5.74) is 3.12. The minimum Gasteiger partial charge on any atom is -0.494 e. The van der Waals surface area contributed by atoms with Gasteiger partial charge in [-0.1, -0.05) is 12.1 Å². The van der Waals surface area contributed by atoms with Crippen molar-refractivity contribution in [3.8, 4) is 5.75 Å². The Kier molecular flexibility index (Phi) is 4.93. The van der Waals surface area contributed by atoms with Gasteiger partial charge in [-0.15, -0.1) is 0 Å². The molecule has 0 radical (unpaired) electrons. The smallest absolute Gasteiger partial charge is 0.341 e. The number of ether oxygens (including phenoxy) is 2. The summed E-state index contributed by atoms with van der Waals surface area (Å²) >= 11 is 0. The molecule has 0 bridgehead atoms. The number of rotatable bonds is 5. The van der Waals surface area contributed by atoms with Crippen LogP contribution in [0.3, 0.4) is 0 Å². The number of esters is 1. The Hall–Kier alpha value is -3.28. The minimum atomic E-state index is -0.536. The number of aliphatic imine (C=N–C) groups is 1. The largest absolute Gasteiger partial charge is 0.494 e. The first-order valence-electron chi connectivity index (χ1n) is 7.86. The highest BCUT2D eigenvalue weighted by atomic mass is 19.1. The second kappa shape index (κ2) is 7.31. The van der Waals surface area contributed by atoms with Crippen LogP contribution in [0.4, 0.5) is 10.1 Å². The van der Waals surface area contributed by atoms with E-state index in [9.17, 15) is 9.18 Å². The normalized spacial score (nSPS) is 10.6. The second-order valence-corrected chi connectivity index (χ2v) is 5.67. The first kappa shape index (κ1) is 17.5. The van der Waals surface area contributed by atoms with E-state index in [1.54, 1.807) is 24.4 Å². The summed E-state index contributed by atoms with van der Waals surface area (Å²) in [6.07, 6.45) is 2.28. The fourth-order valence-electron chi connectivity index (χ4n) is 2.83. The molecule has 0 saturated carbocycles. The lowest BCUT2D eigenvalue weighted by atomic mass is 10.0. The van der Waals surface area contributed by atoms with E-state index in [4.69, 9.17) is 9.47 Å². The van der Waals surface area contributed by atoms with Crippen LogP contribution in [0.2, 0.25) is 0 Å². The average molecular weight is 352 g/mol. The quantitative estimate of drug-likeness (QED) is 0.512. The first-order valence-corrected chi connectivity index (χ1v) is 7.86. The molecule has 0 atom stereocenters. The number of hydrogen-bond donors (Lipinski definition) is 0. The van der Waals surface area contributed by atoms with Gasteiger partial charge in [0.2, 0.25) is 0 Å². The Bertz CT molecular complexity index is 985. The number of aromatic nitrogens is 1. The van der Waals surface area contributed by atoms with Crippen molar-refractivity contribution in [3.05, 3.63) is 65.1 Å². The number of pyridine rings is 1. The zero-order chi connectivity index (χ0) is 18.7. The highest BCUT2D eigenvalue weighted by molar-refractivity contribution is 6.05. The topological polar surface area (TPSA) is 60.8 Å². The summed E-state index contributed by atoms with van der Waals surface area (Å²) in [6.45, 7) is 3.57. The maximum absolute atomic E-state index is 13.1. The molecule has 0 aliphatic carbocycles. The van der Waals surface area contributed by atoms with Crippen LogP contribution in [0.25, 0.3) is 10.9 Å². The molecule has 0 unspecified atom stereocenters. The van der Waals surface area contributed by atoms with Crippen molar-refractivity contribution in [2.45, 2.75) is 6.42 Å². The van der Waals surface area contributed by atoms with Crippen LogP contribution in [0.15, 0.2) is 47.6 Å². The molecular formula is C20H17FN2O3. The van der Waals surface area contributed by atoms with Crippen molar-refractivity contribution in [1.82, 2.24) is 4.98 Å². The zero-order valence-electron chi connectivity index (χ0n) is 14.5.